The Kier molecular flexibility index (Phi) is 3.62. The first-order chi connectivity index (χ1) is 10.2. The number of hydrogen-bond acceptors (Lipinski definition) is 2. The number of nitrogens with one attached hydrogen (secondary N) is 1. The Morgan fingerprint density at radius 2 is 1.86 bits per heavy atom. The third kappa shape index (κ3) is 2.75. The summed E-state index contributed by atoms with van der Waals surface area (Å²) in [5.41, 5.74) is 0.374. The van der Waals surface area contributed by atoms with Gasteiger partial charge >= 0.3 is 0 Å². The lowest BCUT2D eigenvalue weighted by Crippen LogP contribution is -2.45. The number of carbonyl (C=O) groups is 1. The second-order valence-corrected chi connectivity index (χ2v) is 5.76. The average Bonchev–Trinajstić information content (AvgIpc) is 2.96. The highest BCUT2D eigenvalue weighted by molar-refractivity contribution is 5.90. The van der Waals surface area contributed by atoms with Gasteiger partial charge < -0.3 is 5.32 Å². The van der Waals surface area contributed by atoms with E-state index in [1.165, 1.54) is 0 Å². The predicted octanol–water partition coefficient (Wildman–Crippen LogP) is 3.33. The molecule has 21 heavy (non-hydrogen) atoms. The van der Waals surface area contributed by atoms with Gasteiger partial charge in [0.2, 0.25) is 5.91 Å². The zero-order chi connectivity index (χ0) is 14.7. The van der Waals surface area contributed by atoms with Gasteiger partial charge in [-0.05, 0) is 42.0 Å². The second kappa shape index (κ2) is 5.57. The number of amides is 1. The molecule has 1 N–H and O–H groups in total. The molecule has 0 unspecified atom stereocenters. The van der Waals surface area contributed by atoms with Gasteiger partial charge in [0.25, 0.3) is 0 Å². The SMILES string of the molecule is N#CC1(NC(=O)Cc2cccc3ccccc23)CCCC1. The summed E-state index contributed by atoms with van der Waals surface area (Å²) in [5, 5.41) is 14.5. The maximum atomic E-state index is 12.3. The number of carbonyl (C=O) groups excluding carboxylic acids is 1. The Labute approximate surface area is 124 Å². The molecule has 0 heterocycles. The molecule has 0 aliphatic heterocycles. The summed E-state index contributed by atoms with van der Waals surface area (Å²) in [7, 11) is 0. The monoisotopic (exact) mass is 278 g/mol. The minimum atomic E-state index is -0.637. The van der Waals surface area contributed by atoms with Crippen LogP contribution < -0.4 is 5.32 Å². The Hall–Kier alpha value is -2.34. The molecular weight excluding hydrogens is 260 g/mol. The van der Waals surface area contributed by atoms with Crippen LogP contribution in [-0.2, 0) is 11.2 Å². The molecule has 1 fully saturated rings. The molecule has 1 saturated carbocycles. The largest absolute Gasteiger partial charge is 0.338 e. The summed E-state index contributed by atoms with van der Waals surface area (Å²) < 4.78 is 0. The molecule has 0 saturated heterocycles. The van der Waals surface area contributed by atoms with E-state index in [1.807, 2.05) is 42.5 Å². The summed E-state index contributed by atoms with van der Waals surface area (Å²) in [5.74, 6) is -0.0604. The van der Waals surface area contributed by atoms with Gasteiger partial charge in [0.15, 0.2) is 0 Å². The highest BCUT2D eigenvalue weighted by Crippen LogP contribution is 2.29. The number of rotatable bonds is 3. The lowest BCUT2D eigenvalue weighted by molar-refractivity contribution is -0.121. The van der Waals surface area contributed by atoms with Crippen molar-refractivity contribution >= 4 is 16.7 Å². The molecule has 0 spiro atoms. The molecule has 1 amide bonds. The fourth-order valence-electron chi connectivity index (χ4n) is 3.17. The molecule has 0 atom stereocenters. The van der Waals surface area contributed by atoms with E-state index in [0.717, 1.165) is 42.0 Å². The lowest BCUT2D eigenvalue weighted by Gasteiger charge is -2.22. The van der Waals surface area contributed by atoms with Crippen LogP contribution in [0.25, 0.3) is 10.8 Å². The van der Waals surface area contributed by atoms with Crippen LogP contribution in [0.1, 0.15) is 31.2 Å². The minimum absolute atomic E-state index is 0.0604. The van der Waals surface area contributed by atoms with E-state index in [1.54, 1.807) is 0 Å². The highest BCUT2D eigenvalue weighted by Gasteiger charge is 2.35. The summed E-state index contributed by atoms with van der Waals surface area (Å²) in [6.45, 7) is 0. The Balaban J connectivity index is 1.79. The van der Waals surface area contributed by atoms with Crippen molar-refractivity contribution in [1.29, 1.82) is 5.26 Å². The summed E-state index contributed by atoms with van der Waals surface area (Å²) in [4.78, 5) is 12.3. The minimum Gasteiger partial charge on any atom is -0.338 e. The van der Waals surface area contributed by atoms with E-state index in [9.17, 15) is 10.1 Å². The van der Waals surface area contributed by atoms with E-state index in [0.29, 0.717) is 6.42 Å². The van der Waals surface area contributed by atoms with E-state index in [-0.39, 0.29) is 5.91 Å². The van der Waals surface area contributed by atoms with Crippen molar-refractivity contribution in [3.8, 4) is 6.07 Å². The lowest BCUT2D eigenvalue weighted by atomic mass is 9.98. The molecular formula is C18H18N2O. The van der Waals surface area contributed by atoms with Crippen molar-refractivity contribution in [2.75, 3.05) is 0 Å². The third-order valence-electron chi connectivity index (χ3n) is 4.28. The molecule has 1 aliphatic carbocycles. The molecule has 106 valence electrons. The number of nitrogens with zero attached hydrogens (tertiary/aromatic N) is 1. The van der Waals surface area contributed by atoms with Crippen molar-refractivity contribution in [2.24, 2.45) is 0 Å². The van der Waals surface area contributed by atoms with E-state index in [2.05, 4.69) is 11.4 Å². The summed E-state index contributed by atoms with van der Waals surface area (Å²) in [6.07, 6.45) is 3.89. The quantitative estimate of drug-likeness (QED) is 0.936. The predicted molar refractivity (Wildman–Crippen MR) is 82.6 cm³/mol. The van der Waals surface area contributed by atoms with Gasteiger partial charge in [-0.15, -0.1) is 0 Å². The fraction of sp³-hybridized carbons (Fsp3) is 0.333. The summed E-state index contributed by atoms with van der Waals surface area (Å²) in [6, 6.07) is 16.4. The Morgan fingerprint density at radius 1 is 1.14 bits per heavy atom. The molecule has 3 rings (SSSR count). The topological polar surface area (TPSA) is 52.9 Å². The standard InChI is InChI=1S/C18H18N2O/c19-13-18(10-3-4-11-18)20-17(21)12-15-8-5-7-14-6-1-2-9-16(14)15/h1-2,5-9H,3-4,10-12H2,(H,20,21). The molecule has 2 aromatic rings. The van der Waals surface area contributed by atoms with Crippen LogP contribution in [0.3, 0.4) is 0 Å². The van der Waals surface area contributed by atoms with Gasteiger partial charge in [-0.25, -0.2) is 0 Å². The smallest absolute Gasteiger partial charge is 0.225 e. The van der Waals surface area contributed by atoms with Crippen LogP contribution in [-0.4, -0.2) is 11.4 Å². The highest BCUT2D eigenvalue weighted by atomic mass is 16.1. The average molecular weight is 278 g/mol. The van der Waals surface area contributed by atoms with Crippen LogP contribution >= 0.6 is 0 Å². The zero-order valence-corrected chi connectivity index (χ0v) is 11.9. The normalized spacial score (nSPS) is 16.5. The van der Waals surface area contributed by atoms with Crippen LogP contribution in [0.2, 0.25) is 0 Å². The number of hydrogen-bond donors (Lipinski definition) is 1. The maximum absolute atomic E-state index is 12.3. The van der Waals surface area contributed by atoms with Gasteiger partial charge in [-0.1, -0.05) is 42.5 Å². The number of nitriles is 1. The zero-order valence-electron chi connectivity index (χ0n) is 11.9. The van der Waals surface area contributed by atoms with Crippen molar-refractivity contribution in [3.05, 3.63) is 48.0 Å². The van der Waals surface area contributed by atoms with E-state index in [4.69, 9.17) is 0 Å². The number of fused-ring (bicyclic) bond motifs is 1. The molecule has 0 bridgehead atoms. The summed E-state index contributed by atoms with van der Waals surface area (Å²) >= 11 is 0. The number of benzene rings is 2. The molecule has 3 nitrogen and oxygen atoms in total. The van der Waals surface area contributed by atoms with Crippen molar-refractivity contribution < 1.29 is 4.79 Å². The van der Waals surface area contributed by atoms with Gasteiger partial charge in [-0.2, -0.15) is 5.26 Å². The van der Waals surface area contributed by atoms with E-state index >= 15 is 0 Å². The van der Waals surface area contributed by atoms with Crippen LogP contribution in [0.5, 0.6) is 0 Å². The third-order valence-corrected chi connectivity index (χ3v) is 4.28. The first-order valence-electron chi connectivity index (χ1n) is 7.41. The van der Waals surface area contributed by atoms with Gasteiger partial charge in [0.05, 0.1) is 12.5 Å². The first kappa shape index (κ1) is 13.6. The van der Waals surface area contributed by atoms with Gasteiger partial charge in [0, 0.05) is 0 Å². The maximum Gasteiger partial charge on any atom is 0.225 e. The fourth-order valence-corrected chi connectivity index (χ4v) is 3.17. The van der Waals surface area contributed by atoms with Crippen LogP contribution in [0.15, 0.2) is 42.5 Å². The second-order valence-electron chi connectivity index (χ2n) is 5.76. The Bertz CT molecular complexity index is 703. The molecule has 2 aromatic carbocycles. The van der Waals surface area contributed by atoms with Gasteiger partial charge in [0.1, 0.15) is 5.54 Å². The van der Waals surface area contributed by atoms with E-state index < -0.39 is 5.54 Å². The molecule has 3 heteroatoms. The van der Waals surface area contributed by atoms with Crippen LogP contribution in [0, 0.1) is 11.3 Å². The molecule has 0 radical (unpaired) electrons. The van der Waals surface area contributed by atoms with Crippen molar-refractivity contribution in [2.45, 2.75) is 37.6 Å². The Morgan fingerprint density at radius 3 is 2.62 bits per heavy atom. The van der Waals surface area contributed by atoms with Crippen molar-refractivity contribution in [1.82, 2.24) is 5.32 Å². The molecule has 1 aliphatic rings. The van der Waals surface area contributed by atoms with Gasteiger partial charge in [-0.3, -0.25) is 4.79 Å². The molecule has 0 aromatic heterocycles. The van der Waals surface area contributed by atoms with Crippen LogP contribution in [0.4, 0.5) is 0 Å². The first-order valence-corrected chi connectivity index (χ1v) is 7.41. The van der Waals surface area contributed by atoms with Crippen molar-refractivity contribution in [3.63, 3.8) is 0 Å².